The van der Waals surface area contributed by atoms with E-state index in [1.165, 1.54) is 12.1 Å². The van der Waals surface area contributed by atoms with Gasteiger partial charge in [0.2, 0.25) is 0 Å². The predicted octanol–water partition coefficient (Wildman–Crippen LogP) is 2.70. The fraction of sp³-hybridized carbons (Fsp3) is 0. The van der Waals surface area contributed by atoms with Crippen molar-refractivity contribution < 1.29 is 9.90 Å². The van der Waals surface area contributed by atoms with Gasteiger partial charge in [-0.2, -0.15) is 0 Å². The summed E-state index contributed by atoms with van der Waals surface area (Å²) in [4.78, 5) is 10.5. The van der Waals surface area contributed by atoms with E-state index in [4.69, 9.17) is 34.0 Å². The van der Waals surface area contributed by atoms with Crippen LogP contribution in [0.3, 0.4) is 0 Å². The van der Waals surface area contributed by atoms with Crippen molar-refractivity contribution in [1.29, 1.82) is 0 Å². The fourth-order valence-electron chi connectivity index (χ4n) is 0.734. The first kappa shape index (κ1) is 12.4. The summed E-state index contributed by atoms with van der Waals surface area (Å²) in [5.74, 6) is -1.08. The van der Waals surface area contributed by atoms with E-state index in [1.807, 2.05) is 0 Å². The molecule has 0 aliphatic rings. The molecule has 0 heterocycles. The van der Waals surface area contributed by atoms with Crippen LogP contribution in [0.2, 0.25) is 10.0 Å². The Morgan fingerprint density at radius 1 is 1.38 bits per heavy atom. The van der Waals surface area contributed by atoms with E-state index in [0.29, 0.717) is 0 Å². The molecule has 3 nitrogen and oxygen atoms in total. The third-order valence-corrected chi connectivity index (χ3v) is 2.12. The third-order valence-electron chi connectivity index (χ3n) is 1.30. The Labute approximate surface area is 90.9 Å². The number of anilines is 1. The molecule has 1 aromatic rings. The summed E-state index contributed by atoms with van der Waals surface area (Å²) in [5.41, 5.74) is 5.58. The van der Waals surface area contributed by atoms with Gasteiger partial charge in [-0.25, -0.2) is 4.79 Å². The van der Waals surface area contributed by atoms with Crippen LogP contribution in [0.15, 0.2) is 12.1 Å². The third kappa shape index (κ3) is 2.66. The van der Waals surface area contributed by atoms with Crippen molar-refractivity contribution >= 4 is 47.3 Å². The quantitative estimate of drug-likeness (QED) is 0.744. The minimum atomic E-state index is -1.08. The van der Waals surface area contributed by atoms with Gasteiger partial charge < -0.3 is 10.8 Å². The van der Waals surface area contributed by atoms with E-state index < -0.39 is 5.97 Å². The summed E-state index contributed by atoms with van der Waals surface area (Å²) in [6.45, 7) is 0. The number of nitrogen functional groups attached to an aromatic ring is 1. The molecule has 3 N–H and O–H groups in total. The van der Waals surface area contributed by atoms with E-state index in [1.54, 1.807) is 0 Å². The molecular formula is C7H6Cl3NO2. The molecule has 0 amide bonds. The number of hydrogen-bond acceptors (Lipinski definition) is 2. The normalized spacial score (nSPS) is 9.08. The molecule has 13 heavy (non-hydrogen) atoms. The fourth-order valence-corrected chi connectivity index (χ4v) is 1.07. The summed E-state index contributed by atoms with van der Waals surface area (Å²) in [7, 11) is 0. The van der Waals surface area contributed by atoms with Crippen LogP contribution in [-0.4, -0.2) is 11.1 Å². The van der Waals surface area contributed by atoms with Crippen molar-refractivity contribution in [2.45, 2.75) is 0 Å². The molecule has 0 aromatic heterocycles. The summed E-state index contributed by atoms with van der Waals surface area (Å²) in [5, 5.41) is 8.90. The zero-order valence-electron chi connectivity index (χ0n) is 6.25. The number of carbonyl (C=O) groups is 1. The summed E-state index contributed by atoms with van der Waals surface area (Å²) >= 11 is 11.2. The van der Waals surface area contributed by atoms with Gasteiger partial charge in [-0.3, -0.25) is 0 Å². The van der Waals surface area contributed by atoms with Gasteiger partial charge in [0.1, 0.15) is 0 Å². The number of carboxylic acid groups (broad SMARTS) is 1. The van der Waals surface area contributed by atoms with Crippen molar-refractivity contribution in [1.82, 2.24) is 0 Å². The molecule has 72 valence electrons. The maximum atomic E-state index is 10.5. The molecule has 0 aliphatic heterocycles. The number of hydrogen-bond donors (Lipinski definition) is 2. The highest BCUT2D eigenvalue weighted by Crippen LogP contribution is 2.29. The molecule has 0 saturated carbocycles. The Bertz CT molecular complexity index is 318. The van der Waals surface area contributed by atoms with Crippen LogP contribution in [-0.2, 0) is 0 Å². The molecule has 0 unspecified atom stereocenters. The van der Waals surface area contributed by atoms with Crippen molar-refractivity contribution in [3.05, 3.63) is 27.7 Å². The van der Waals surface area contributed by atoms with E-state index in [2.05, 4.69) is 0 Å². The first-order valence-corrected chi connectivity index (χ1v) is 3.76. The van der Waals surface area contributed by atoms with Gasteiger partial charge in [-0.1, -0.05) is 23.2 Å². The topological polar surface area (TPSA) is 63.3 Å². The Balaban J connectivity index is 0.00000144. The Kier molecular flexibility index (Phi) is 4.33. The Morgan fingerprint density at radius 2 is 1.92 bits per heavy atom. The standard InChI is InChI=1S/C7H5Cl2NO2.ClH/c8-4-1-3(7(11)12)2-5(10)6(4)9;/h1-2H,10H2,(H,11,12);1H. The van der Waals surface area contributed by atoms with E-state index in [-0.39, 0.29) is 33.7 Å². The van der Waals surface area contributed by atoms with Crippen LogP contribution in [0.4, 0.5) is 5.69 Å². The molecular weight excluding hydrogens is 236 g/mol. The number of nitrogens with two attached hydrogens (primary N) is 1. The molecule has 0 radical (unpaired) electrons. The summed E-state index contributed by atoms with van der Waals surface area (Å²) in [6, 6.07) is 2.51. The van der Waals surface area contributed by atoms with Gasteiger partial charge in [0.25, 0.3) is 0 Å². The first-order valence-electron chi connectivity index (χ1n) is 3.00. The molecule has 0 saturated heterocycles. The maximum Gasteiger partial charge on any atom is 0.335 e. The van der Waals surface area contributed by atoms with E-state index >= 15 is 0 Å². The van der Waals surface area contributed by atoms with Crippen molar-refractivity contribution in [3.63, 3.8) is 0 Å². The van der Waals surface area contributed by atoms with Crippen LogP contribution >= 0.6 is 35.6 Å². The van der Waals surface area contributed by atoms with Gasteiger partial charge >= 0.3 is 5.97 Å². The second-order valence-electron chi connectivity index (χ2n) is 2.17. The SMILES string of the molecule is Cl.Nc1cc(C(=O)O)cc(Cl)c1Cl. The predicted molar refractivity (Wildman–Crippen MR) is 55.1 cm³/mol. The molecule has 1 rings (SSSR count). The second-order valence-corrected chi connectivity index (χ2v) is 2.95. The number of halogens is 3. The lowest BCUT2D eigenvalue weighted by Gasteiger charge is -2.01. The molecule has 0 fully saturated rings. The zero-order chi connectivity index (χ0) is 9.30. The second kappa shape index (κ2) is 4.56. The lowest BCUT2D eigenvalue weighted by atomic mass is 10.2. The smallest absolute Gasteiger partial charge is 0.335 e. The minimum absolute atomic E-state index is 0. The van der Waals surface area contributed by atoms with Gasteiger partial charge in [0, 0.05) is 0 Å². The van der Waals surface area contributed by atoms with Crippen LogP contribution in [0.1, 0.15) is 10.4 Å². The molecule has 0 aliphatic carbocycles. The van der Waals surface area contributed by atoms with Crippen LogP contribution in [0.25, 0.3) is 0 Å². The van der Waals surface area contributed by atoms with E-state index in [0.717, 1.165) is 0 Å². The summed E-state index contributed by atoms with van der Waals surface area (Å²) in [6.07, 6.45) is 0. The van der Waals surface area contributed by atoms with Crippen LogP contribution in [0, 0.1) is 0 Å². The lowest BCUT2D eigenvalue weighted by Crippen LogP contribution is -1.98. The van der Waals surface area contributed by atoms with Crippen molar-refractivity contribution in [2.75, 3.05) is 5.73 Å². The lowest BCUT2D eigenvalue weighted by molar-refractivity contribution is 0.0697. The monoisotopic (exact) mass is 241 g/mol. The summed E-state index contributed by atoms with van der Waals surface area (Å²) < 4.78 is 0. The number of aromatic carboxylic acids is 1. The number of rotatable bonds is 1. The zero-order valence-corrected chi connectivity index (χ0v) is 8.58. The Hall–Kier alpha value is -0.640. The highest BCUT2D eigenvalue weighted by molar-refractivity contribution is 6.43. The van der Waals surface area contributed by atoms with Gasteiger partial charge in [-0.15, -0.1) is 12.4 Å². The average molecular weight is 242 g/mol. The minimum Gasteiger partial charge on any atom is -0.478 e. The molecule has 1 aromatic carbocycles. The van der Waals surface area contributed by atoms with E-state index in [9.17, 15) is 4.79 Å². The molecule has 0 bridgehead atoms. The van der Waals surface area contributed by atoms with Gasteiger partial charge in [-0.05, 0) is 12.1 Å². The number of benzene rings is 1. The maximum absolute atomic E-state index is 10.5. The number of carboxylic acids is 1. The largest absolute Gasteiger partial charge is 0.478 e. The molecule has 6 heteroatoms. The Morgan fingerprint density at radius 3 is 2.31 bits per heavy atom. The van der Waals surface area contributed by atoms with Crippen LogP contribution < -0.4 is 5.73 Å². The highest BCUT2D eigenvalue weighted by Gasteiger charge is 2.09. The molecule has 0 atom stereocenters. The van der Waals surface area contributed by atoms with Crippen molar-refractivity contribution in [3.8, 4) is 0 Å². The highest BCUT2D eigenvalue weighted by atomic mass is 35.5. The first-order chi connectivity index (χ1) is 5.52. The average Bonchev–Trinajstić information content (AvgIpc) is 1.99. The van der Waals surface area contributed by atoms with Gasteiger partial charge in [0.15, 0.2) is 0 Å². The van der Waals surface area contributed by atoms with Gasteiger partial charge in [0.05, 0.1) is 21.3 Å². The molecule has 0 spiro atoms. The van der Waals surface area contributed by atoms with Crippen molar-refractivity contribution in [2.24, 2.45) is 0 Å². The van der Waals surface area contributed by atoms with Crippen LogP contribution in [0.5, 0.6) is 0 Å².